The van der Waals surface area contributed by atoms with Crippen molar-refractivity contribution in [2.24, 2.45) is 16.7 Å². The Hall–Kier alpha value is -2.80. The van der Waals surface area contributed by atoms with Gasteiger partial charge in [0, 0.05) is 56.4 Å². The van der Waals surface area contributed by atoms with Crippen molar-refractivity contribution >= 4 is 17.5 Å². The van der Waals surface area contributed by atoms with Gasteiger partial charge in [0.15, 0.2) is 0 Å². The maximum atomic E-state index is 13.4. The Morgan fingerprint density at radius 3 is 2.43 bits per heavy atom. The first-order valence-electron chi connectivity index (χ1n) is 11.7. The number of nitrogens with one attached hydrogen (secondary N) is 1. The molecule has 2 amide bonds. The molecule has 0 bridgehead atoms. The average molecular weight is 495 g/mol. The molecule has 1 unspecified atom stereocenters. The smallest absolute Gasteiger partial charge is 0.383 e. The lowest BCUT2D eigenvalue weighted by Gasteiger charge is -2.43. The van der Waals surface area contributed by atoms with E-state index in [1.807, 2.05) is 25.7 Å². The molecule has 0 aliphatic carbocycles. The second-order valence-electron chi connectivity index (χ2n) is 10.5. The summed E-state index contributed by atoms with van der Waals surface area (Å²) in [5.74, 6) is -0.551. The molecule has 1 aromatic rings. The van der Waals surface area contributed by atoms with Crippen LogP contribution in [0.5, 0.6) is 0 Å². The molecular weight excluding hydrogens is 461 g/mol. The summed E-state index contributed by atoms with van der Waals surface area (Å²) >= 11 is 0. The Balaban J connectivity index is 1.82. The number of rotatable bonds is 5. The van der Waals surface area contributed by atoms with Crippen LogP contribution in [0.25, 0.3) is 0 Å². The molecule has 2 heterocycles. The maximum absolute atomic E-state index is 13.4. The van der Waals surface area contributed by atoms with E-state index in [0.717, 1.165) is 6.07 Å². The van der Waals surface area contributed by atoms with Crippen molar-refractivity contribution in [3.8, 4) is 6.07 Å². The molecule has 1 N–H and O–H groups in total. The largest absolute Gasteiger partial charge is 0.417 e. The second-order valence-corrected chi connectivity index (χ2v) is 10.5. The number of piperidine rings is 1. The Morgan fingerprint density at radius 1 is 1.23 bits per heavy atom. The third kappa shape index (κ3) is 5.72. The van der Waals surface area contributed by atoms with Gasteiger partial charge in [-0.25, -0.2) is 0 Å². The van der Waals surface area contributed by atoms with Gasteiger partial charge < -0.3 is 19.9 Å². The fraction of sp³-hybridized carbons (Fsp3) is 0.640. The average Bonchev–Trinajstić information content (AvgIpc) is 3.16. The molecule has 2 saturated heterocycles. The van der Waals surface area contributed by atoms with Crippen molar-refractivity contribution in [3.63, 3.8) is 0 Å². The van der Waals surface area contributed by atoms with E-state index in [1.165, 1.54) is 12.1 Å². The van der Waals surface area contributed by atoms with Crippen LogP contribution in [-0.2, 0) is 20.5 Å². The number of halogens is 3. The van der Waals surface area contributed by atoms with E-state index < -0.39 is 34.1 Å². The first-order valence-corrected chi connectivity index (χ1v) is 11.7. The molecule has 2 aliphatic heterocycles. The molecule has 0 radical (unpaired) electrons. The number of hydrogen-bond donors (Lipinski definition) is 1. The Morgan fingerprint density at radius 2 is 1.89 bits per heavy atom. The monoisotopic (exact) mass is 494 g/mol. The van der Waals surface area contributed by atoms with Gasteiger partial charge in [-0.05, 0) is 31.0 Å². The Labute approximate surface area is 204 Å². The summed E-state index contributed by atoms with van der Waals surface area (Å²) in [7, 11) is 1.55. The van der Waals surface area contributed by atoms with Crippen LogP contribution >= 0.6 is 0 Å². The molecule has 3 rings (SSSR count). The lowest BCUT2D eigenvalue weighted by Crippen LogP contribution is -2.49. The summed E-state index contributed by atoms with van der Waals surface area (Å²) in [6.45, 7) is 7.95. The van der Waals surface area contributed by atoms with E-state index in [-0.39, 0.29) is 11.8 Å². The van der Waals surface area contributed by atoms with Crippen LogP contribution in [0.1, 0.15) is 44.7 Å². The van der Waals surface area contributed by atoms with E-state index in [9.17, 15) is 22.8 Å². The minimum Gasteiger partial charge on any atom is -0.383 e. The number of nitriles is 1. The first kappa shape index (κ1) is 26.8. The summed E-state index contributed by atoms with van der Waals surface area (Å²) in [5, 5.41) is 12.0. The quantitative estimate of drug-likeness (QED) is 0.634. The molecule has 2 fully saturated rings. The summed E-state index contributed by atoms with van der Waals surface area (Å²) < 4.78 is 45.4. The number of benzene rings is 1. The number of anilines is 1. The van der Waals surface area contributed by atoms with Gasteiger partial charge in [-0.3, -0.25) is 9.59 Å². The molecular formula is C25H33F3N4O3. The normalized spacial score (nSPS) is 20.1. The summed E-state index contributed by atoms with van der Waals surface area (Å²) in [6.07, 6.45) is -3.50. The van der Waals surface area contributed by atoms with Crippen LogP contribution in [-0.4, -0.2) is 63.2 Å². The number of methoxy groups -OCH3 is 1. The highest BCUT2D eigenvalue weighted by atomic mass is 19.4. The van der Waals surface area contributed by atoms with Crippen LogP contribution in [0, 0.1) is 28.1 Å². The number of likely N-dealkylation sites (tertiary alicyclic amines) is 1. The number of alkyl halides is 3. The van der Waals surface area contributed by atoms with Crippen LogP contribution in [0.2, 0.25) is 0 Å². The zero-order valence-electron chi connectivity index (χ0n) is 20.7. The zero-order chi connectivity index (χ0) is 26.0. The topological polar surface area (TPSA) is 85.7 Å². The highest BCUT2D eigenvalue weighted by Crippen LogP contribution is 2.47. The second kappa shape index (κ2) is 10.1. The third-order valence-electron chi connectivity index (χ3n) is 7.05. The lowest BCUT2D eigenvalue weighted by atomic mass is 9.70. The summed E-state index contributed by atoms with van der Waals surface area (Å²) in [5.41, 5.74) is -1.99. The first-order chi connectivity index (χ1) is 16.3. The van der Waals surface area contributed by atoms with Gasteiger partial charge in [0.2, 0.25) is 11.8 Å². The van der Waals surface area contributed by atoms with Crippen molar-refractivity contribution in [3.05, 3.63) is 29.3 Å². The molecule has 7 nitrogen and oxygen atoms in total. The van der Waals surface area contributed by atoms with Gasteiger partial charge in [0.05, 0.1) is 29.7 Å². The van der Waals surface area contributed by atoms with E-state index >= 15 is 0 Å². The van der Waals surface area contributed by atoms with E-state index in [0.29, 0.717) is 57.9 Å². The summed E-state index contributed by atoms with van der Waals surface area (Å²) in [6, 6.07) is 5.37. The standard InChI is InChI=1S/C25H33F3N4O3/c1-23(2,3)22(34)32-15-20(21(33)30-9-12-35-4)24(16-32)7-10-31(11-8-24)18-6-5-17(14-29)19(13-18)25(26,27)28/h5-6,13,20H,7-12,15-16H2,1-4H3,(H,30,33). The Bertz CT molecular complexity index is 989. The molecule has 0 aromatic heterocycles. The lowest BCUT2D eigenvalue weighted by molar-refractivity contribution is -0.139. The minimum atomic E-state index is -4.62. The van der Waals surface area contributed by atoms with Gasteiger partial charge in [-0.2, -0.15) is 18.4 Å². The van der Waals surface area contributed by atoms with Crippen molar-refractivity contribution in [1.82, 2.24) is 10.2 Å². The fourth-order valence-electron chi connectivity index (χ4n) is 5.14. The number of carbonyl (C=O) groups is 2. The Kier molecular flexibility index (Phi) is 7.70. The van der Waals surface area contributed by atoms with Gasteiger partial charge in [0.25, 0.3) is 0 Å². The van der Waals surface area contributed by atoms with E-state index in [4.69, 9.17) is 10.00 Å². The van der Waals surface area contributed by atoms with Crippen molar-refractivity contribution in [2.75, 3.05) is 51.3 Å². The minimum absolute atomic E-state index is 0.0200. The predicted octanol–water partition coefficient (Wildman–Crippen LogP) is 3.43. The molecule has 192 valence electrons. The zero-order valence-corrected chi connectivity index (χ0v) is 20.7. The number of ether oxygens (including phenoxy) is 1. The number of nitrogens with zero attached hydrogens (tertiary/aromatic N) is 3. The highest BCUT2D eigenvalue weighted by molar-refractivity contribution is 5.85. The molecule has 1 aromatic carbocycles. The van der Waals surface area contributed by atoms with Crippen LogP contribution in [0.4, 0.5) is 18.9 Å². The fourth-order valence-corrected chi connectivity index (χ4v) is 5.14. The molecule has 1 atom stereocenters. The number of carbonyl (C=O) groups excluding carboxylic acids is 2. The SMILES string of the molecule is COCCNC(=O)C1CN(C(=O)C(C)(C)C)CC12CCN(c1ccc(C#N)c(C(F)(F)F)c1)CC2. The third-order valence-corrected chi connectivity index (χ3v) is 7.05. The molecule has 1 spiro atoms. The van der Waals surface area contributed by atoms with Crippen molar-refractivity contribution < 1.29 is 27.5 Å². The van der Waals surface area contributed by atoms with Crippen LogP contribution in [0.3, 0.4) is 0 Å². The molecule has 0 saturated carbocycles. The maximum Gasteiger partial charge on any atom is 0.417 e. The van der Waals surface area contributed by atoms with Crippen LogP contribution in [0.15, 0.2) is 18.2 Å². The number of amides is 2. The van der Waals surface area contributed by atoms with E-state index in [1.54, 1.807) is 18.1 Å². The van der Waals surface area contributed by atoms with Crippen molar-refractivity contribution in [1.29, 1.82) is 5.26 Å². The van der Waals surface area contributed by atoms with Gasteiger partial charge in [-0.1, -0.05) is 20.8 Å². The predicted molar refractivity (Wildman–Crippen MR) is 124 cm³/mol. The van der Waals surface area contributed by atoms with Gasteiger partial charge >= 0.3 is 6.18 Å². The molecule has 35 heavy (non-hydrogen) atoms. The summed E-state index contributed by atoms with van der Waals surface area (Å²) in [4.78, 5) is 29.8. The van der Waals surface area contributed by atoms with Gasteiger partial charge in [0.1, 0.15) is 0 Å². The van der Waals surface area contributed by atoms with Gasteiger partial charge in [-0.15, -0.1) is 0 Å². The van der Waals surface area contributed by atoms with E-state index in [2.05, 4.69) is 5.32 Å². The number of hydrogen-bond acceptors (Lipinski definition) is 5. The van der Waals surface area contributed by atoms with Crippen molar-refractivity contribution in [2.45, 2.75) is 39.8 Å². The molecule has 10 heteroatoms. The molecule has 2 aliphatic rings. The van der Waals surface area contributed by atoms with Crippen LogP contribution < -0.4 is 10.2 Å². The highest BCUT2D eigenvalue weighted by Gasteiger charge is 2.53.